The summed E-state index contributed by atoms with van der Waals surface area (Å²) in [6.45, 7) is -0.782. The molecule has 2 rings (SSSR count). The SMILES string of the molecule is NC1CCCCC1N(CC(F)(F)F)C1CC1. The highest BCUT2D eigenvalue weighted by molar-refractivity contribution is 4.95. The second-order valence-electron chi connectivity index (χ2n) is 5.03. The van der Waals surface area contributed by atoms with Gasteiger partial charge in [0.2, 0.25) is 0 Å². The third kappa shape index (κ3) is 3.10. The number of hydrogen-bond acceptors (Lipinski definition) is 2. The number of halogens is 3. The number of nitrogens with two attached hydrogens (primary N) is 1. The smallest absolute Gasteiger partial charge is 0.326 e. The van der Waals surface area contributed by atoms with Crippen LogP contribution in [0, 0.1) is 0 Å². The van der Waals surface area contributed by atoms with E-state index in [0.29, 0.717) is 0 Å². The molecule has 16 heavy (non-hydrogen) atoms. The lowest BCUT2D eigenvalue weighted by Gasteiger charge is -2.38. The Morgan fingerprint density at radius 2 is 1.69 bits per heavy atom. The number of rotatable bonds is 3. The summed E-state index contributed by atoms with van der Waals surface area (Å²) >= 11 is 0. The molecule has 0 spiro atoms. The summed E-state index contributed by atoms with van der Waals surface area (Å²) in [5.74, 6) is 0. The first-order valence-electron chi connectivity index (χ1n) is 6.05. The lowest BCUT2D eigenvalue weighted by Crippen LogP contribution is -2.53. The van der Waals surface area contributed by atoms with Crippen LogP contribution in [0.4, 0.5) is 13.2 Å². The Morgan fingerprint density at radius 3 is 2.19 bits per heavy atom. The minimum atomic E-state index is -4.10. The summed E-state index contributed by atoms with van der Waals surface area (Å²) in [7, 11) is 0. The van der Waals surface area contributed by atoms with Crippen LogP contribution >= 0.6 is 0 Å². The first-order valence-corrected chi connectivity index (χ1v) is 6.05. The van der Waals surface area contributed by atoms with E-state index < -0.39 is 12.7 Å². The molecule has 2 aliphatic carbocycles. The minimum Gasteiger partial charge on any atom is -0.326 e. The molecule has 2 aliphatic rings. The molecular formula is C11H19F3N2. The van der Waals surface area contributed by atoms with Gasteiger partial charge < -0.3 is 5.73 Å². The van der Waals surface area contributed by atoms with Crippen molar-refractivity contribution in [3.63, 3.8) is 0 Å². The van der Waals surface area contributed by atoms with E-state index in [1.54, 1.807) is 4.90 Å². The lowest BCUT2D eigenvalue weighted by atomic mass is 9.89. The summed E-state index contributed by atoms with van der Waals surface area (Å²) in [6.07, 6.45) is 1.47. The van der Waals surface area contributed by atoms with E-state index >= 15 is 0 Å². The molecule has 2 saturated carbocycles. The quantitative estimate of drug-likeness (QED) is 0.814. The summed E-state index contributed by atoms with van der Waals surface area (Å²) in [5.41, 5.74) is 5.96. The van der Waals surface area contributed by atoms with E-state index in [2.05, 4.69) is 0 Å². The highest BCUT2D eigenvalue weighted by atomic mass is 19.4. The fraction of sp³-hybridized carbons (Fsp3) is 1.00. The molecule has 2 fully saturated rings. The van der Waals surface area contributed by atoms with Gasteiger partial charge in [-0.3, -0.25) is 4.90 Å². The van der Waals surface area contributed by atoms with Crippen LogP contribution in [0.3, 0.4) is 0 Å². The van der Waals surface area contributed by atoms with E-state index in [4.69, 9.17) is 5.73 Å². The van der Waals surface area contributed by atoms with Gasteiger partial charge in [0, 0.05) is 18.1 Å². The van der Waals surface area contributed by atoms with Crippen molar-refractivity contribution in [1.82, 2.24) is 4.90 Å². The minimum absolute atomic E-state index is 0.0529. The molecule has 2 unspecified atom stereocenters. The Morgan fingerprint density at radius 1 is 1.06 bits per heavy atom. The fourth-order valence-corrected chi connectivity index (χ4v) is 2.68. The van der Waals surface area contributed by atoms with Crippen LogP contribution in [0.15, 0.2) is 0 Å². The average molecular weight is 236 g/mol. The Balaban J connectivity index is 2.00. The largest absolute Gasteiger partial charge is 0.401 e. The second kappa shape index (κ2) is 4.53. The van der Waals surface area contributed by atoms with Crippen molar-refractivity contribution >= 4 is 0 Å². The summed E-state index contributed by atoms with van der Waals surface area (Å²) in [6, 6.07) is 0.00958. The van der Waals surface area contributed by atoms with Gasteiger partial charge in [0.15, 0.2) is 0 Å². The standard InChI is InChI=1S/C11H19F3N2/c12-11(13,14)7-16(8-5-6-8)10-4-2-1-3-9(10)15/h8-10H,1-7,15H2. The van der Waals surface area contributed by atoms with Gasteiger partial charge in [0.05, 0.1) is 6.54 Å². The van der Waals surface area contributed by atoms with Gasteiger partial charge in [-0.05, 0) is 25.7 Å². The van der Waals surface area contributed by atoms with Gasteiger partial charge in [-0.15, -0.1) is 0 Å². The van der Waals surface area contributed by atoms with E-state index in [0.717, 1.165) is 38.5 Å². The maximum atomic E-state index is 12.5. The molecule has 5 heteroatoms. The number of nitrogens with zero attached hydrogens (tertiary/aromatic N) is 1. The molecule has 0 aromatic rings. The zero-order valence-electron chi connectivity index (χ0n) is 9.34. The highest BCUT2D eigenvalue weighted by Gasteiger charge is 2.43. The maximum absolute atomic E-state index is 12.5. The number of alkyl halides is 3. The third-order valence-electron chi connectivity index (χ3n) is 3.59. The van der Waals surface area contributed by atoms with Gasteiger partial charge in [-0.2, -0.15) is 13.2 Å². The molecule has 0 radical (unpaired) electrons. The summed E-state index contributed by atoms with van der Waals surface area (Å²) in [4.78, 5) is 1.61. The van der Waals surface area contributed by atoms with Crippen LogP contribution < -0.4 is 5.73 Å². The maximum Gasteiger partial charge on any atom is 0.401 e. The normalized spacial score (nSPS) is 32.1. The molecule has 2 nitrogen and oxygen atoms in total. The van der Waals surface area contributed by atoms with Gasteiger partial charge in [0.1, 0.15) is 0 Å². The van der Waals surface area contributed by atoms with Crippen molar-refractivity contribution in [3.05, 3.63) is 0 Å². The van der Waals surface area contributed by atoms with Crippen molar-refractivity contribution in [2.45, 2.75) is 62.8 Å². The van der Waals surface area contributed by atoms with Crippen molar-refractivity contribution < 1.29 is 13.2 Å². The third-order valence-corrected chi connectivity index (χ3v) is 3.59. The molecule has 2 atom stereocenters. The van der Waals surface area contributed by atoms with E-state index in [1.165, 1.54) is 0 Å². The molecule has 0 amide bonds. The molecule has 0 aromatic carbocycles. The summed E-state index contributed by atoms with van der Waals surface area (Å²) < 4.78 is 37.5. The van der Waals surface area contributed by atoms with Crippen molar-refractivity contribution in [2.24, 2.45) is 5.73 Å². The Hall–Kier alpha value is -0.290. The lowest BCUT2D eigenvalue weighted by molar-refractivity contribution is -0.154. The molecule has 0 bridgehead atoms. The molecule has 94 valence electrons. The van der Waals surface area contributed by atoms with Gasteiger partial charge >= 0.3 is 6.18 Å². The van der Waals surface area contributed by atoms with E-state index in [9.17, 15) is 13.2 Å². The number of hydrogen-bond donors (Lipinski definition) is 1. The van der Waals surface area contributed by atoms with Crippen LogP contribution in [-0.4, -0.2) is 35.7 Å². The molecule has 0 aliphatic heterocycles. The predicted molar refractivity (Wildman–Crippen MR) is 56.0 cm³/mol. The molecular weight excluding hydrogens is 217 g/mol. The second-order valence-corrected chi connectivity index (χ2v) is 5.03. The average Bonchev–Trinajstić information content (AvgIpc) is 2.97. The van der Waals surface area contributed by atoms with Crippen LogP contribution in [0.2, 0.25) is 0 Å². The highest BCUT2D eigenvalue weighted by Crippen LogP contribution is 2.35. The zero-order valence-corrected chi connectivity index (χ0v) is 9.34. The molecule has 2 N–H and O–H groups in total. The molecule has 0 heterocycles. The van der Waals surface area contributed by atoms with E-state index in [-0.39, 0.29) is 18.1 Å². The topological polar surface area (TPSA) is 29.3 Å². The van der Waals surface area contributed by atoms with Gasteiger partial charge in [-0.1, -0.05) is 12.8 Å². The zero-order chi connectivity index (χ0) is 11.8. The van der Waals surface area contributed by atoms with Crippen molar-refractivity contribution in [2.75, 3.05) is 6.54 Å². The first kappa shape index (κ1) is 12.2. The van der Waals surface area contributed by atoms with E-state index in [1.807, 2.05) is 0 Å². The summed E-state index contributed by atoms with van der Waals surface area (Å²) in [5, 5.41) is 0. The van der Waals surface area contributed by atoms with Gasteiger partial charge in [-0.25, -0.2) is 0 Å². The Labute approximate surface area is 94.0 Å². The van der Waals surface area contributed by atoms with Crippen LogP contribution in [0.5, 0.6) is 0 Å². The fourth-order valence-electron chi connectivity index (χ4n) is 2.68. The monoisotopic (exact) mass is 236 g/mol. The van der Waals surface area contributed by atoms with Gasteiger partial charge in [0.25, 0.3) is 0 Å². The predicted octanol–water partition coefficient (Wildman–Crippen LogP) is 2.28. The van der Waals surface area contributed by atoms with Crippen LogP contribution in [0.1, 0.15) is 38.5 Å². The van der Waals surface area contributed by atoms with Crippen molar-refractivity contribution in [1.29, 1.82) is 0 Å². The Kier molecular flexibility index (Phi) is 3.45. The molecule has 0 aromatic heterocycles. The first-order chi connectivity index (χ1) is 7.47. The van der Waals surface area contributed by atoms with Crippen LogP contribution in [-0.2, 0) is 0 Å². The Bertz CT molecular complexity index is 238. The van der Waals surface area contributed by atoms with Crippen molar-refractivity contribution in [3.8, 4) is 0 Å². The molecule has 0 saturated heterocycles. The van der Waals surface area contributed by atoms with Crippen LogP contribution in [0.25, 0.3) is 0 Å².